The van der Waals surface area contributed by atoms with E-state index in [1.807, 2.05) is 0 Å². The van der Waals surface area contributed by atoms with Crippen LogP contribution in [0.3, 0.4) is 0 Å². The highest BCUT2D eigenvalue weighted by atomic mass is 32.2. The van der Waals surface area contributed by atoms with Crippen LogP contribution in [-0.4, -0.2) is 47.2 Å². The molecule has 0 aliphatic heterocycles. The molecule has 2 aromatic rings. The average molecular weight is 394 g/mol. The van der Waals surface area contributed by atoms with Gasteiger partial charge in [-0.25, -0.2) is 4.68 Å². The predicted molar refractivity (Wildman–Crippen MR) is 88.1 cm³/mol. The van der Waals surface area contributed by atoms with E-state index in [0.717, 1.165) is 23.9 Å². The van der Waals surface area contributed by atoms with Crippen LogP contribution < -0.4 is 5.56 Å². The van der Waals surface area contributed by atoms with Gasteiger partial charge in [-0.05, 0) is 31.2 Å². The fourth-order valence-electron chi connectivity index (χ4n) is 1.90. The number of thioether (sulfide) groups is 1. The van der Waals surface area contributed by atoms with E-state index in [1.165, 1.54) is 16.8 Å². The molecule has 0 unspecified atom stereocenters. The molecule has 24 heavy (non-hydrogen) atoms. The van der Waals surface area contributed by atoms with Crippen LogP contribution in [0.4, 0.5) is 0 Å². The van der Waals surface area contributed by atoms with Crippen molar-refractivity contribution in [2.45, 2.75) is 16.7 Å². The highest BCUT2D eigenvalue weighted by Crippen LogP contribution is 2.19. The molecule has 3 N–H and O–H groups in total. The smallest absolute Gasteiger partial charge is 0.294 e. The number of hydrogen-bond acceptors (Lipinski definition) is 6. The summed E-state index contributed by atoms with van der Waals surface area (Å²) >= 11 is 0.984. The highest BCUT2D eigenvalue weighted by Gasteiger charge is 2.15. The Kier molecular flexibility index (Phi) is 5.25. The van der Waals surface area contributed by atoms with Crippen LogP contribution >= 0.6 is 11.8 Å². The molecule has 0 atom stereocenters. The van der Waals surface area contributed by atoms with Gasteiger partial charge in [0.1, 0.15) is 0 Å². The molecule has 1 aromatic carbocycles. The van der Waals surface area contributed by atoms with Gasteiger partial charge < -0.3 is 0 Å². The summed E-state index contributed by atoms with van der Waals surface area (Å²) in [5.74, 6) is -0.473. The topological polar surface area (TPSA) is 147 Å². The van der Waals surface area contributed by atoms with Crippen molar-refractivity contribution in [3.8, 4) is 5.69 Å². The number of rotatable bonds is 6. The summed E-state index contributed by atoms with van der Waals surface area (Å²) in [6.07, 6.45) is 0. The summed E-state index contributed by atoms with van der Waals surface area (Å²) in [7, 11) is -8.43. The largest absolute Gasteiger partial charge is 0.294 e. The van der Waals surface area contributed by atoms with Gasteiger partial charge in [0.25, 0.3) is 25.8 Å². The first-order valence-corrected chi connectivity index (χ1v) is 10.5. The molecule has 0 amide bonds. The van der Waals surface area contributed by atoms with Crippen LogP contribution in [0.15, 0.2) is 38.9 Å². The summed E-state index contributed by atoms with van der Waals surface area (Å²) in [5, 5.41) is 2.79. The molecule has 0 radical (unpaired) electrons. The molecule has 12 heteroatoms. The van der Waals surface area contributed by atoms with Crippen LogP contribution in [0.5, 0.6) is 0 Å². The number of hydrogen-bond donors (Lipinski definition) is 3. The van der Waals surface area contributed by atoms with Crippen LogP contribution in [-0.2, 0) is 20.2 Å². The van der Waals surface area contributed by atoms with E-state index in [4.69, 9.17) is 9.11 Å². The molecule has 132 valence electrons. The maximum Gasteiger partial charge on any atom is 0.294 e. The minimum atomic E-state index is -4.32. The molecule has 0 aliphatic rings. The second kappa shape index (κ2) is 6.72. The van der Waals surface area contributed by atoms with Gasteiger partial charge in [-0.15, -0.1) is 11.8 Å². The van der Waals surface area contributed by atoms with Crippen molar-refractivity contribution in [3.63, 3.8) is 0 Å². The van der Waals surface area contributed by atoms with Crippen LogP contribution in [0.2, 0.25) is 0 Å². The SMILES string of the molecule is Cc1[nH]n(-c2ccc(S(=O)(=O)O)cc2)c(=O)c1SCCS(=O)(=O)O. The lowest BCUT2D eigenvalue weighted by Crippen LogP contribution is -2.16. The van der Waals surface area contributed by atoms with Gasteiger partial charge in [0.05, 0.1) is 21.2 Å². The van der Waals surface area contributed by atoms with E-state index in [2.05, 4.69) is 5.10 Å². The summed E-state index contributed by atoms with van der Waals surface area (Å²) in [4.78, 5) is 12.3. The van der Waals surface area contributed by atoms with Crippen molar-refractivity contribution in [2.75, 3.05) is 11.5 Å². The predicted octanol–water partition coefficient (Wildman–Crippen LogP) is 0.701. The third-order valence-corrected chi connectivity index (χ3v) is 6.02. The van der Waals surface area contributed by atoms with Crippen LogP contribution in [0.1, 0.15) is 5.69 Å². The number of nitrogens with zero attached hydrogens (tertiary/aromatic N) is 1. The van der Waals surface area contributed by atoms with Gasteiger partial charge in [0.15, 0.2) is 0 Å². The Morgan fingerprint density at radius 1 is 1.12 bits per heavy atom. The number of nitrogens with one attached hydrogen (secondary N) is 1. The maximum absolute atomic E-state index is 12.4. The first-order chi connectivity index (χ1) is 11.0. The standard InChI is InChI=1S/C12H14N2O7S3/c1-8-11(22-6-7-23(16,17)18)12(15)14(13-8)9-2-4-10(5-3-9)24(19,20)21/h2-5,13H,6-7H2,1H3,(H,16,17,18)(H,19,20,21). The molecular formula is C12H14N2O7S3. The minimum absolute atomic E-state index is 0.00839. The highest BCUT2D eigenvalue weighted by molar-refractivity contribution is 8.00. The lowest BCUT2D eigenvalue weighted by Gasteiger charge is -2.02. The fourth-order valence-corrected chi connectivity index (χ4v) is 4.24. The molecule has 0 bridgehead atoms. The van der Waals surface area contributed by atoms with Crippen molar-refractivity contribution < 1.29 is 25.9 Å². The van der Waals surface area contributed by atoms with Crippen molar-refractivity contribution in [1.82, 2.24) is 9.78 Å². The van der Waals surface area contributed by atoms with E-state index < -0.39 is 31.5 Å². The molecule has 0 fully saturated rings. The third kappa shape index (κ3) is 4.48. The summed E-state index contributed by atoms with van der Waals surface area (Å²) in [6, 6.07) is 4.98. The Labute approximate surface area is 142 Å². The van der Waals surface area contributed by atoms with Crippen LogP contribution in [0.25, 0.3) is 5.69 Å². The van der Waals surface area contributed by atoms with Gasteiger partial charge >= 0.3 is 0 Å². The van der Waals surface area contributed by atoms with Crippen molar-refractivity contribution >= 4 is 32.0 Å². The molecule has 0 saturated heterocycles. The van der Waals surface area contributed by atoms with E-state index in [9.17, 15) is 21.6 Å². The van der Waals surface area contributed by atoms with E-state index in [1.54, 1.807) is 6.92 Å². The second-order valence-corrected chi connectivity index (χ2v) is 8.91. The van der Waals surface area contributed by atoms with Gasteiger partial charge in [0, 0.05) is 11.4 Å². The zero-order chi connectivity index (χ0) is 18.1. The zero-order valence-electron chi connectivity index (χ0n) is 12.3. The quantitative estimate of drug-likeness (QED) is 0.479. The van der Waals surface area contributed by atoms with Gasteiger partial charge in [-0.2, -0.15) is 16.8 Å². The van der Waals surface area contributed by atoms with Gasteiger partial charge in [0.2, 0.25) is 0 Å². The Morgan fingerprint density at radius 3 is 2.21 bits per heavy atom. The fraction of sp³-hybridized carbons (Fsp3) is 0.250. The summed E-state index contributed by atoms with van der Waals surface area (Å²) in [5.41, 5.74) is 0.406. The van der Waals surface area contributed by atoms with Crippen molar-refractivity contribution in [1.29, 1.82) is 0 Å². The van der Waals surface area contributed by atoms with E-state index in [0.29, 0.717) is 11.4 Å². The number of aromatic nitrogens is 2. The Morgan fingerprint density at radius 2 is 1.71 bits per heavy atom. The number of aryl methyl sites for hydroxylation is 1. The maximum atomic E-state index is 12.4. The molecule has 2 rings (SSSR count). The summed E-state index contributed by atoms with van der Waals surface area (Å²) in [6.45, 7) is 1.63. The normalized spacial score (nSPS) is 12.5. The van der Waals surface area contributed by atoms with Gasteiger partial charge in [-0.1, -0.05) is 0 Å². The monoisotopic (exact) mass is 394 g/mol. The van der Waals surface area contributed by atoms with E-state index >= 15 is 0 Å². The Bertz CT molecular complexity index is 1000. The molecule has 0 spiro atoms. The first-order valence-electron chi connectivity index (χ1n) is 6.46. The molecular weight excluding hydrogens is 380 g/mol. The first kappa shape index (κ1) is 18.7. The lowest BCUT2D eigenvalue weighted by molar-refractivity contribution is 0.481. The zero-order valence-corrected chi connectivity index (χ0v) is 14.8. The van der Waals surface area contributed by atoms with Crippen LogP contribution in [0, 0.1) is 6.92 Å². The molecule has 0 aliphatic carbocycles. The Hall–Kier alpha value is -1.60. The lowest BCUT2D eigenvalue weighted by atomic mass is 10.3. The Balaban J connectivity index is 2.30. The number of benzene rings is 1. The molecule has 1 aromatic heterocycles. The number of aromatic amines is 1. The summed E-state index contributed by atoms with van der Waals surface area (Å²) < 4.78 is 62.3. The number of H-pyrrole nitrogens is 1. The molecule has 1 heterocycles. The average Bonchev–Trinajstić information content (AvgIpc) is 2.73. The van der Waals surface area contributed by atoms with E-state index in [-0.39, 0.29) is 15.5 Å². The van der Waals surface area contributed by atoms with Gasteiger partial charge in [-0.3, -0.25) is 19.0 Å². The minimum Gasteiger partial charge on any atom is -0.294 e. The third-order valence-electron chi connectivity index (χ3n) is 3.00. The molecule has 9 nitrogen and oxygen atoms in total. The van der Waals surface area contributed by atoms with Crippen molar-refractivity contribution in [2.24, 2.45) is 0 Å². The second-order valence-electron chi connectivity index (χ2n) is 4.81. The molecule has 0 saturated carbocycles. The van der Waals surface area contributed by atoms with Crippen molar-refractivity contribution in [3.05, 3.63) is 40.3 Å².